The summed E-state index contributed by atoms with van der Waals surface area (Å²) in [4.78, 5) is 27.2. The Morgan fingerprint density at radius 2 is 2.35 bits per heavy atom. The molecule has 2 aromatic rings. The van der Waals surface area contributed by atoms with Crippen LogP contribution in [-0.2, 0) is 11.2 Å². The summed E-state index contributed by atoms with van der Waals surface area (Å²) >= 11 is 1.31. The quantitative estimate of drug-likeness (QED) is 0.336. The zero-order valence-electron chi connectivity index (χ0n) is 12.5. The number of thiazole rings is 1. The van der Waals surface area contributed by atoms with Gasteiger partial charge in [0, 0.05) is 23.3 Å². The van der Waals surface area contributed by atoms with E-state index in [4.69, 9.17) is 4.74 Å². The number of hydrogen-bond acceptors (Lipinski definition) is 6. The van der Waals surface area contributed by atoms with Crippen molar-refractivity contribution < 1.29 is 14.5 Å². The van der Waals surface area contributed by atoms with Crippen LogP contribution in [0.4, 0.5) is 0 Å². The number of hydrogen-bond donors (Lipinski definition) is 0. The Hall–Kier alpha value is -2.74. The zero-order chi connectivity index (χ0) is 16.8. The second-order valence-corrected chi connectivity index (χ2v) is 5.28. The largest absolute Gasteiger partial charge is 0.461 e. The summed E-state index contributed by atoms with van der Waals surface area (Å²) in [6, 6.07) is 0. The fraction of sp³-hybridized carbons (Fsp3) is 0.200. The first-order valence-corrected chi connectivity index (χ1v) is 7.70. The summed E-state index contributed by atoms with van der Waals surface area (Å²) in [7, 11) is 0. The maximum absolute atomic E-state index is 11.7. The maximum atomic E-state index is 11.7. The monoisotopic (exact) mass is 333 g/mol. The third-order valence-corrected chi connectivity index (χ3v) is 3.79. The van der Waals surface area contributed by atoms with Gasteiger partial charge < -0.3 is 4.74 Å². The normalized spacial score (nSPS) is 12.0. The Kier molecular flexibility index (Phi) is 5.42. The average Bonchev–Trinajstić information content (AvgIpc) is 3.08. The number of carbonyl (C=O) groups excluding carboxylic acids is 1. The van der Waals surface area contributed by atoms with Crippen LogP contribution in [0.25, 0.3) is 4.96 Å². The molecule has 0 amide bonds. The Bertz CT molecular complexity index is 801. The van der Waals surface area contributed by atoms with E-state index in [-0.39, 0.29) is 24.4 Å². The molecular weight excluding hydrogens is 318 g/mol. The van der Waals surface area contributed by atoms with Crippen LogP contribution in [0.15, 0.2) is 48.2 Å². The van der Waals surface area contributed by atoms with Crippen LogP contribution in [0.3, 0.4) is 0 Å². The summed E-state index contributed by atoms with van der Waals surface area (Å²) in [5.41, 5.74) is 0.912. The maximum Gasteiger partial charge on any atom is 0.358 e. The standard InChI is InChI=1S/C15H15N3O4S/c1-3-5-6-7-11(18(20)21)8-12-10-23-15-16-13(9-17(12)15)14(19)22-4-2/h3,5-7,9-10H,1,4,8H2,2H3/b6-5-,11-7+. The lowest BCUT2D eigenvalue weighted by molar-refractivity contribution is -0.427. The van der Waals surface area contributed by atoms with Crippen molar-refractivity contribution in [3.8, 4) is 0 Å². The predicted molar refractivity (Wildman–Crippen MR) is 87.1 cm³/mol. The summed E-state index contributed by atoms with van der Waals surface area (Å²) in [5, 5.41) is 12.9. The molecule has 2 aromatic heterocycles. The van der Waals surface area contributed by atoms with Crippen LogP contribution in [0, 0.1) is 10.1 Å². The van der Waals surface area contributed by atoms with Crippen LogP contribution in [0.2, 0.25) is 0 Å². The van der Waals surface area contributed by atoms with Gasteiger partial charge in [0.15, 0.2) is 10.7 Å². The van der Waals surface area contributed by atoms with Crippen molar-refractivity contribution in [1.82, 2.24) is 9.38 Å². The predicted octanol–water partition coefficient (Wildman–Crippen LogP) is 3.02. The molecule has 2 rings (SSSR count). The molecule has 0 aliphatic carbocycles. The van der Waals surface area contributed by atoms with Gasteiger partial charge >= 0.3 is 5.97 Å². The number of imidazole rings is 1. The van der Waals surface area contributed by atoms with E-state index in [1.54, 1.807) is 34.9 Å². The molecule has 0 aliphatic rings. The van der Waals surface area contributed by atoms with Crippen molar-refractivity contribution >= 4 is 22.3 Å². The fourth-order valence-electron chi connectivity index (χ4n) is 1.88. The van der Waals surface area contributed by atoms with Gasteiger partial charge in [0.2, 0.25) is 0 Å². The molecular formula is C15H15N3O4S. The highest BCUT2D eigenvalue weighted by molar-refractivity contribution is 7.15. The van der Waals surface area contributed by atoms with Crippen LogP contribution in [0.1, 0.15) is 23.1 Å². The number of allylic oxidation sites excluding steroid dienone is 5. The molecule has 0 bridgehead atoms. The van der Waals surface area contributed by atoms with Gasteiger partial charge in [0.1, 0.15) is 0 Å². The van der Waals surface area contributed by atoms with Gasteiger partial charge in [-0.25, -0.2) is 9.78 Å². The number of aromatic nitrogens is 2. The molecule has 0 saturated heterocycles. The first kappa shape index (κ1) is 16.6. The van der Waals surface area contributed by atoms with Crippen molar-refractivity contribution in [2.45, 2.75) is 13.3 Å². The first-order valence-electron chi connectivity index (χ1n) is 6.82. The zero-order valence-corrected chi connectivity index (χ0v) is 13.3. The van der Waals surface area contributed by atoms with Crippen LogP contribution >= 0.6 is 11.3 Å². The molecule has 7 nitrogen and oxygen atoms in total. The van der Waals surface area contributed by atoms with E-state index in [1.165, 1.54) is 23.6 Å². The lowest BCUT2D eigenvalue weighted by Gasteiger charge is -1.98. The molecule has 23 heavy (non-hydrogen) atoms. The van der Waals surface area contributed by atoms with E-state index in [0.717, 1.165) is 0 Å². The topological polar surface area (TPSA) is 86.7 Å². The minimum atomic E-state index is -0.506. The molecule has 0 atom stereocenters. The summed E-state index contributed by atoms with van der Waals surface area (Å²) in [6.07, 6.45) is 7.80. The van der Waals surface area contributed by atoms with Gasteiger partial charge in [-0.05, 0) is 6.92 Å². The molecule has 2 heterocycles. The Balaban J connectivity index is 2.30. The van der Waals surface area contributed by atoms with Crippen molar-refractivity contribution in [2.75, 3.05) is 6.61 Å². The van der Waals surface area contributed by atoms with Crippen molar-refractivity contribution in [3.05, 3.63) is 69.7 Å². The van der Waals surface area contributed by atoms with E-state index >= 15 is 0 Å². The van der Waals surface area contributed by atoms with Crippen molar-refractivity contribution in [1.29, 1.82) is 0 Å². The highest BCUT2D eigenvalue weighted by Crippen LogP contribution is 2.20. The second-order valence-electron chi connectivity index (χ2n) is 4.44. The molecule has 0 fully saturated rings. The fourth-order valence-corrected chi connectivity index (χ4v) is 2.75. The first-order chi connectivity index (χ1) is 11.1. The molecule has 0 N–H and O–H groups in total. The van der Waals surface area contributed by atoms with Gasteiger partial charge in [-0.2, -0.15) is 0 Å². The number of ether oxygens (including phenoxy) is 1. The van der Waals surface area contributed by atoms with E-state index in [2.05, 4.69) is 11.6 Å². The molecule has 0 radical (unpaired) electrons. The molecule has 0 saturated carbocycles. The Labute approximate surface area is 136 Å². The average molecular weight is 333 g/mol. The SMILES string of the molecule is C=C/C=C\C=C(/Cc1csc2nc(C(=O)OCC)cn12)[N+](=O)[O-]. The van der Waals surface area contributed by atoms with Gasteiger partial charge in [-0.15, -0.1) is 11.3 Å². The molecule has 120 valence electrons. The minimum absolute atomic E-state index is 0.0363. The van der Waals surface area contributed by atoms with E-state index < -0.39 is 10.9 Å². The Morgan fingerprint density at radius 3 is 3.00 bits per heavy atom. The Morgan fingerprint density at radius 1 is 1.57 bits per heavy atom. The van der Waals surface area contributed by atoms with Crippen LogP contribution in [-0.4, -0.2) is 26.9 Å². The third kappa shape index (κ3) is 3.92. The van der Waals surface area contributed by atoms with Gasteiger partial charge in [-0.3, -0.25) is 14.5 Å². The number of nitro groups is 1. The van der Waals surface area contributed by atoms with Gasteiger partial charge in [0.05, 0.1) is 18.0 Å². The third-order valence-electron chi connectivity index (χ3n) is 2.90. The lowest BCUT2D eigenvalue weighted by atomic mass is 10.2. The van der Waals surface area contributed by atoms with E-state index in [0.29, 0.717) is 10.7 Å². The molecule has 0 aliphatic heterocycles. The molecule has 0 unspecified atom stereocenters. The number of nitrogens with zero attached hydrogens (tertiary/aromatic N) is 3. The highest BCUT2D eigenvalue weighted by atomic mass is 32.1. The van der Waals surface area contributed by atoms with Crippen molar-refractivity contribution in [2.24, 2.45) is 0 Å². The smallest absolute Gasteiger partial charge is 0.358 e. The van der Waals surface area contributed by atoms with Crippen LogP contribution in [0.5, 0.6) is 0 Å². The summed E-state index contributed by atoms with van der Waals surface area (Å²) < 4.78 is 6.58. The lowest BCUT2D eigenvalue weighted by Crippen LogP contribution is -2.05. The number of carbonyl (C=O) groups is 1. The minimum Gasteiger partial charge on any atom is -0.461 e. The molecule has 0 aromatic carbocycles. The summed E-state index contributed by atoms with van der Waals surface area (Å²) in [6.45, 7) is 5.49. The summed E-state index contributed by atoms with van der Waals surface area (Å²) in [5.74, 6) is -0.506. The number of fused-ring (bicyclic) bond motifs is 1. The van der Waals surface area contributed by atoms with E-state index in [9.17, 15) is 14.9 Å². The number of esters is 1. The number of rotatable bonds is 7. The highest BCUT2D eigenvalue weighted by Gasteiger charge is 2.18. The van der Waals surface area contributed by atoms with Gasteiger partial charge in [-0.1, -0.05) is 24.8 Å². The van der Waals surface area contributed by atoms with Gasteiger partial charge in [0.25, 0.3) is 5.70 Å². The molecule has 8 heteroatoms. The van der Waals surface area contributed by atoms with Crippen molar-refractivity contribution in [3.63, 3.8) is 0 Å². The van der Waals surface area contributed by atoms with Crippen LogP contribution < -0.4 is 0 Å². The molecule has 0 spiro atoms. The van der Waals surface area contributed by atoms with E-state index in [1.807, 2.05) is 0 Å². The second kappa shape index (κ2) is 7.50.